The Morgan fingerprint density at radius 3 is 2.70 bits per heavy atom. The van der Waals surface area contributed by atoms with Crippen molar-refractivity contribution in [2.24, 2.45) is 11.7 Å². The maximum absolute atomic E-state index is 11.7. The number of rotatable bonds is 6. The molecule has 20 heavy (non-hydrogen) atoms. The van der Waals surface area contributed by atoms with E-state index < -0.39 is 11.9 Å². The highest BCUT2D eigenvalue weighted by Crippen LogP contribution is 2.29. The minimum Gasteiger partial charge on any atom is -0.495 e. The Labute approximate surface area is 122 Å². The van der Waals surface area contributed by atoms with E-state index in [1.165, 1.54) is 7.11 Å². The highest BCUT2D eigenvalue weighted by Gasteiger charge is 2.32. The molecule has 0 aromatic heterocycles. The number of hydrogen-bond acceptors (Lipinski definition) is 3. The van der Waals surface area contributed by atoms with E-state index in [-0.39, 0.29) is 11.8 Å². The standard InChI is InChI=1S/C14H17ClN2O3/c1-20-12-5-2-8(6-10(12)15)7-11(13(16)18)17-14(19)9-3-4-9/h2,5-6,9,11H,3-4,7H2,1H3,(H2,16,18)(H,17,19)/t11-/m1/s1. The van der Waals surface area contributed by atoms with E-state index in [0.717, 1.165) is 18.4 Å². The molecule has 2 rings (SSSR count). The topological polar surface area (TPSA) is 81.4 Å². The van der Waals surface area contributed by atoms with Gasteiger partial charge in [-0.1, -0.05) is 17.7 Å². The molecule has 1 saturated carbocycles. The van der Waals surface area contributed by atoms with Gasteiger partial charge in [-0.2, -0.15) is 0 Å². The number of hydrogen-bond donors (Lipinski definition) is 2. The Kier molecular flexibility index (Phi) is 4.49. The summed E-state index contributed by atoms with van der Waals surface area (Å²) in [6.07, 6.45) is 2.08. The quantitative estimate of drug-likeness (QED) is 0.829. The number of nitrogens with two attached hydrogens (primary N) is 1. The van der Waals surface area contributed by atoms with Crippen molar-refractivity contribution in [1.82, 2.24) is 5.32 Å². The average molecular weight is 297 g/mol. The van der Waals surface area contributed by atoms with Crippen LogP contribution >= 0.6 is 11.6 Å². The molecule has 0 unspecified atom stereocenters. The highest BCUT2D eigenvalue weighted by atomic mass is 35.5. The zero-order valence-electron chi connectivity index (χ0n) is 11.2. The minimum atomic E-state index is -0.715. The predicted octanol–water partition coefficient (Wildman–Crippen LogP) is 1.27. The fourth-order valence-electron chi connectivity index (χ4n) is 1.93. The number of methoxy groups -OCH3 is 1. The van der Waals surface area contributed by atoms with Crippen molar-refractivity contribution < 1.29 is 14.3 Å². The molecule has 0 heterocycles. The van der Waals surface area contributed by atoms with Crippen molar-refractivity contribution in [3.05, 3.63) is 28.8 Å². The molecule has 0 bridgehead atoms. The van der Waals surface area contributed by atoms with Gasteiger partial charge in [-0.05, 0) is 30.5 Å². The molecule has 5 nitrogen and oxygen atoms in total. The molecule has 108 valence electrons. The number of carbonyl (C=O) groups excluding carboxylic acids is 2. The summed E-state index contributed by atoms with van der Waals surface area (Å²) in [6.45, 7) is 0. The summed E-state index contributed by atoms with van der Waals surface area (Å²) in [6, 6.07) is 4.51. The Morgan fingerprint density at radius 1 is 1.50 bits per heavy atom. The average Bonchev–Trinajstić information content (AvgIpc) is 3.22. The SMILES string of the molecule is COc1ccc(C[C@@H](NC(=O)C2CC2)C(N)=O)cc1Cl. The van der Waals surface area contributed by atoms with E-state index in [4.69, 9.17) is 22.1 Å². The van der Waals surface area contributed by atoms with Gasteiger partial charge in [-0.15, -0.1) is 0 Å². The largest absolute Gasteiger partial charge is 0.495 e. The van der Waals surface area contributed by atoms with E-state index >= 15 is 0 Å². The van der Waals surface area contributed by atoms with Crippen LogP contribution in [0.5, 0.6) is 5.75 Å². The first kappa shape index (κ1) is 14.7. The van der Waals surface area contributed by atoms with Crippen LogP contribution in [0, 0.1) is 5.92 Å². The van der Waals surface area contributed by atoms with Crippen LogP contribution in [0.2, 0.25) is 5.02 Å². The normalized spacial score (nSPS) is 15.5. The first-order valence-electron chi connectivity index (χ1n) is 6.43. The van der Waals surface area contributed by atoms with Crippen molar-refractivity contribution >= 4 is 23.4 Å². The summed E-state index contributed by atoms with van der Waals surface area (Å²) in [5.41, 5.74) is 6.15. The molecule has 1 aromatic rings. The van der Waals surface area contributed by atoms with Crippen molar-refractivity contribution in [3.63, 3.8) is 0 Å². The fraction of sp³-hybridized carbons (Fsp3) is 0.429. The number of halogens is 1. The third-order valence-corrected chi connectivity index (χ3v) is 3.56. The third-order valence-electron chi connectivity index (χ3n) is 3.26. The molecule has 3 N–H and O–H groups in total. The van der Waals surface area contributed by atoms with Crippen molar-refractivity contribution in [3.8, 4) is 5.75 Å². The number of ether oxygens (including phenoxy) is 1. The van der Waals surface area contributed by atoms with E-state index in [1.54, 1.807) is 18.2 Å². The van der Waals surface area contributed by atoms with Gasteiger partial charge in [0.1, 0.15) is 11.8 Å². The van der Waals surface area contributed by atoms with Gasteiger partial charge in [0.25, 0.3) is 0 Å². The lowest BCUT2D eigenvalue weighted by Gasteiger charge is -2.16. The molecule has 1 aromatic carbocycles. The predicted molar refractivity (Wildman–Crippen MR) is 75.6 cm³/mol. The third kappa shape index (κ3) is 3.63. The number of primary amides is 1. The van der Waals surface area contributed by atoms with Gasteiger partial charge in [0, 0.05) is 12.3 Å². The number of carbonyl (C=O) groups is 2. The first-order valence-corrected chi connectivity index (χ1v) is 6.81. The number of benzene rings is 1. The molecule has 1 aliphatic rings. The molecular formula is C14H17ClN2O3. The second-order valence-corrected chi connectivity index (χ2v) is 5.32. The Balaban J connectivity index is 2.05. The molecule has 2 amide bonds. The van der Waals surface area contributed by atoms with E-state index in [2.05, 4.69) is 5.32 Å². The van der Waals surface area contributed by atoms with Gasteiger partial charge < -0.3 is 15.8 Å². The second-order valence-electron chi connectivity index (χ2n) is 4.91. The summed E-state index contributed by atoms with van der Waals surface area (Å²) in [5, 5.41) is 3.15. The van der Waals surface area contributed by atoms with Gasteiger partial charge in [-0.3, -0.25) is 9.59 Å². The van der Waals surface area contributed by atoms with Crippen LogP contribution in [0.15, 0.2) is 18.2 Å². The van der Waals surface area contributed by atoms with Gasteiger partial charge >= 0.3 is 0 Å². The van der Waals surface area contributed by atoms with Crippen molar-refractivity contribution in [2.75, 3.05) is 7.11 Å². The molecule has 1 atom stereocenters. The minimum absolute atomic E-state index is 0.0382. The zero-order chi connectivity index (χ0) is 14.7. The van der Waals surface area contributed by atoms with Crippen LogP contribution in [-0.4, -0.2) is 25.0 Å². The molecule has 0 radical (unpaired) electrons. The van der Waals surface area contributed by atoms with Crippen LogP contribution in [0.3, 0.4) is 0 Å². The Morgan fingerprint density at radius 2 is 2.20 bits per heavy atom. The van der Waals surface area contributed by atoms with Crippen LogP contribution in [-0.2, 0) is 16.0 Å². The fourth-order valence-corrected chi connectivity index (χ4v) is 2.21. The monoisotopic (exact) mass is 296 g/mol. The first-order chi connectivity index (χ1) is 9.51. The van der Waals surface area contributed by atoms with E-state index in [1.807, 2.05) is 0 Å². The maximum atomic E-state index is 11.7. The summed E-state index contributed by atoms with van der Waals surface area (Å²) in [7, 11) is 1.53. The summed E-state index contributed by atoms with van der Waals surface area (Å²) < 4.78 is 5.06. The lowest BCUT2D eigenvalue weighted by Crippen LogP contribution is -2.46. The van der Waals surface area contributed by atoms with Gasteiger partial charge in [0.2, 0.25) is 11.8 Å². The molecule has 0 aliphatic heterocycles. The van der Waals surface area contributed by atoms with E-state index in [9.17, 15) is 9.59 Å². The Hall–Kier alpha value is -1.75. The van der Waals surface area contributed by atoms with Crippen LogP contribution in [0.4, 0.5) is 0 Å². The Bertz CT molecular complexity index is 529. The molecular weight excluding hydrogens is 280 g/mol. The lowest BCUT2D eigenvalue weighted by molar-refractivity contribution is -0.128. The lowest BCUT2D eigenvalue weighted by atomic mass is 10.0. The smallest absolute Gasteiger partial charge is 0.240 e. The van der Waals surface area contributed by atoms with Gasteiger partial charge in [0.15, 0.2) is 0 Å². The van der Waals surface area contributed by atoms with E-state index in [0.29, 0.717) is 17.2 Å². The summed E-state index contributed by atoms with van der Waals surface area (Å²) in [4.78, 5) is 23.2. The molecule has 1 fully saturated rings. The molecule has 0 saturated heterocycles. The number of nitrogens with one attached hydrogen (secondary N) is 1. The van der Waals surface area contributed by atoms with Crippen LogP contribution in [0.25, 0.3) is 0 Å². The molecule has 1 aliphatic carbocycles. The van der Waals surface area contributed by atoms with Crippen LogP contribution < -0.4 is 15.8 Å². The highest BCUT2D eigenvalue weighted by molar-refractivity contribution is 6.32. The van der Waals surface area contributed by atoms with Crippen LogP contribution in [0.1, 0.15) is 18.4 Å². The van der Waals surface area contributed by atoms with Crippen molar-refractivity contribution in [1.29, 1.82) is 0 Å². The molecule has 0 spiro atoms. The summed E-state index contributed by atoms with van der Waals surface area (Å²) in [5.74, 6) is -0.0521. The zero-order valence-corrected chi connectivity index (χ0v) is 11.9. The van der Waals surface area contributed by atoms with Gasteiger partial charge in [-0.25, -0.2) is 0 Å². The maximum Gasteiger partial charge on any atom is 0.240 e. The van der Waals surface area contributed by atoms with Crippen molar-refractivity contribution in [2.45, 2.75) is 25.3 Å². The second kappa shape index (κ2) is 6.13. The summed E-state index contributed by atoms with van der Waals surface area (Å²) >= 11 is 6.03. The molecule has 6 heteroatoms. The number of amides is 2. The van der Waals surface area contributed by atoms with Gasteiger partial charge in [0.05, 0.1) is 12.1 Å².